The molecular formula is C19H24ClN3O3. The first-order valence-corrected chi connectivity index (χ1v) is 9.55. The van der Waals surface area contributed by atoms with E-state index in [0.29, 0.717) is 18.0 Å². The first-order chi connectivity index (χ1) is 12.5. The van der Waals surface area contributed by atoms with Crippen LogP contribution in [-0.4, -0.2) is 35.3 Å². The number of hydrogen-bond acceptors (Lipinski definition) is 3. The highest BCUT2D eigenvalue weighted by molar-refractivity contribution is 6.30. The molecule has 140 valence electrons. The van der Waals surface area contributed by atoms with Crippen molar-refractivity contribution in [2.24, 2.45) is 5.92 Å². The molecule has 7 heteroatoms. The summed E-state index contributed by atoms with van der Waals surface area (Å²) in [6.45, 7) is 0.713. The molecule has 1 saturated heterocycles. The lowest BCUT2D eigenvalue weighted by Crippen LogP contribution is -2.60. The standard InChI is InChI=1S/C19H24ClN3O3/c20-14-9-7-13(8-10-14)12-21-17(24)6-3-11-23-18(25)15-4-1-2-5-16(15)22-19(23)26/h7-10,15-16H,1-6,11-12H2,(H,21,24)(H,22,26). The van der Waals surface area contributed by atoms with Gasteiger partial charge >= 0.3 is 6.03 Å². The van der Waals surface area contributed by atoms with Gasteiger partial charge in [0.1, 0.15) is 0 Å². The third-order valence-corrected chi connectivity index (χ3v) is 5.34. The van der Waals surface area contributed by atoms with Crippen molar-refractivity contribution in [2.75, 3.05) is 6.54 Å². The summed E-state index contributed by atoms with van der Waals surface area (Å²) in [7, 11) is 0. The van der Waals surface area contributed by atoms with E-state index in [1.165, 1.54) is 4.90 Å². The number of imide groups is 1. The molecule has 1 saturated carbocycles. The lowest BCUT2D eigenvalue weighted by Gasteiger charge is -2.39. The second-order valence-electron chi connectivity index (χ2n) is 6.94. The van der Waals surface area contributed by atoms with Crippen molar-refractivity contribution in [3.8, 4) is 0 Å². The predicted octanol–water partition coefficient (Wildman–Crippen LogP) is 2.85. The summed E-state index contributed by atoms with van der Waals surface area (Å²) in [5.74, 6) is -0.277. The average molecular weight is 378 g/mol. The van der Waals surface area contributed by atoms with E-state index >= 15 is 0 Å². The fourth-order valence-corrected chi connectivity index (χ4v) is 3.76. The first-order valence-electron chi connectivity index (χ1n) is 9.17. The van der Waals surface area contributed by atoms with Crippen LogP contribution in [0, 0.1) is 5.92 Å². The molecule has 0 bridgehead atoms. The van der Waals surface area contributed by atoms with Gasteiger partial charge in [0.15, 0.2) is 0 Å². The third kappa shape index (κ3) is 4.55. The van der Waals surface area contributed by atoms with Gasteiger partial charge in [-0.3, -0.25) is 14.5 Å². The minimum atomic E-state index is -0.320. The van der Waals surface area contributed by atoms with Crippen LogP contribution in [0.4, 0.5) is 4.79 Å². The molecule has 0 radical (unpaired) electrons. The van der Waals surface area contributed by atoms with Crippen molar-refractivity contribution < 1.29 is 14.4 Å². The Morgan fingerprint density at radius 2 is 1.92 bits per heavy atom. The van der Waals surface area contributed by atoms with Crippen LogP contribution in [0.15, 0.2) is 24.3 Å². The molecular weight excluding hydrogens is 354 g/mol. The number of carbonyl (C=O) groups excluding carboxylic acids is 3. The Bertz CT molecular complexity index is 677. The lowest BCUT2D eigenvalue weighted by atomic mass is 9.82. The highest BCUT2D eigenvalue weighted by Crippen LogP contribution is 2.29. The van der Waals surface area contributed by atoms with Crippen LogP contribution in [0.5, 0.6) is 0 Å². The minimum absolute atomic E-state index is 0.0114. The molecule has 1 aromatic carbocycles. The van der Waals surface area contributed by atoms with Crippen molar-refractivity contribution >= 4 is 29.4 Å². The second-order valence-corrected chi connectivity index (χ2v) is 7.38. The monoisotopic (exact) mass is 377 g/mol. The number of nitrogens with one attached hydrogen (secondary N) is 2. The Hall–Kier alpha value is -2.08. The molecule has 1 heterocycles. The summed E-state index contributed by atoms with van der Waals surface area (Å²) in [5.41, 5.74) is 0.969. The summed E-state index contributed by atoms with van der Waals surface area (Å²) in [6, 6.07) is 6.95. The van der Waals surface area contributed by atoms with Crippen molar-refractivity contribution in [1.82, 2.24) is 15.5 Å². The Morgan fingerprint density at radius 3 is 2.69 bits per heavy atom. The van der Waals surface area contributed by atoms with E-state index in [0.717, 1.165) is 31.2 Å². The van der Waals surface area contributed by atoms with Crippen LogP contribution < -0.4 is 10.6 Å². The van der Waals surface area contributed by atoms with Gasteiger partial charge in [-0.25, -0.2) is 4.79 Å². The summed E-state index contributed by atoms with van der Waals surface area (Å²) in [4.78, 5) is 37.9. The van der Waals surface area contributed by atoms with E-state index in [9.17, 15) is 14.4 Å². The van der Waals surface area contributed by atoms with Gasteiger partial charge in [0, 0.05) is 30.6 Å². The molecule has 1 aliphatic carbocycles. The zero-order valence-electron chi connectivity index (χ0n) is 14.7. The van der Waals surface area contributed by atoms with Crippen molar-refractivity contribution in [3.05, 3.63) is 34.9 Å². The van der Waals surface area contributed by atoms with Gasteiger partial charge in [0.25, 0.3) is 0 Å². The van der Waals surface area contributed by atoms with E-state index in [4.69, 9.17) is 11.6 Å². The average Bonchev–Trinajstić information content (AvgIpc) is 2.64. The molecule has 6 nitrogen and oxygen atoms in total. The van der Waals surface area contributed by atoms with Crippen LogP contribution in [0.1, 0.15) is 44.1 Å². The summed E-state index contributed by atoms with van der Waals surface area (Å²) < 4.78 is 0. The van der Waals surface area contributed by atoms with Crippen molar-refractivity contribution in [1.29, 1.82) is 0 Å². The maximum absolute atomic E-state index is 12.5. The van der Waals surface area contributed by atoms with Gasteiger partial charge in [-0.2, -0.15) is 0 Å². The Morgan fingerprint density at radius 1 is 1.19 bits per heavy atom. The number of amides is 4. The van der Waals surface area contributed by atoms with Gasteiger partial charge < -0.3 is 10.6 Å². The predicted molar refractivity (Wildman–Crippen MR) is 98.5 cm³/mol. The minimum Gasteiger partial charge on any atom is -0.352 e. The SMILES string of the molecule is O=C(CCCN1C(=O)NC2CCCCC2C1=O)NCc1ccc(Cl)cc1. The molecule has 2 fully saturated rings. The molecule has 2 atom stereocenters. The van der Waals surface area contributed by atoms with E-state index in [1.807, 2.05) is 12.1 Å². The molecule has 1 aromatic rings. The zero-order chi connectivity index (χ0) is 18.5. The van der Waals surface area contributed by atoms with E-state index in [1.54, 1.807) is 12.1 Å². The molecule has 4 amide bonds. The quantitative estimate of drug-likeness (QED) is 0.800. The zero-order valence-corrected chi connectivity index (χ0v) is 15.4. The Labute approximate surface area is 158 Å². The number of benzene rings is 1. The topological polar surface area (TPSA) is 78.5 Å². The normalized spacial score (nSPS) is 22.6. The van der Waals surface area contributed by atoms with Crippen LogP contribution in [0.3, 0.4) is 0 Å². The van der Waals surface area contributed by atoms with Crippen LogP contribution in [0.25, 0.3) is 0 Å². The lowest BCUT2D eigenvalue weighted by molar-refractivity contribution is -0.136. The molecule has 0 aromatic heterocycles. The van der Waals surface area contributed by atoms with E-state index in [2.05, 4.69) is 10.6 Å². The molecule has 26 heavy (non-hydrogen) atoms. The number of halogens is 1. The molecule has 2 unspecified atom stereocenters. The van der Waals surface area contributed by atoms with Crippen molar-refractivity contribution in [2.45, 2.75) is 51.1 Å². The van der Waals surface area contributed by atoms with Gasteiger partial charge in [0.05, 0.1) is 5.92 Å². The summed E-state index contributed by atoms with van der Waals surface area (Å²) in [6.07, 6.45) is 4.54. The van der Waals surface area contributed by atoms with Gasteiger partial charge in [-0.15, -0.1) is 0 Å². The first kappa shape index (κ1) is 18.7. The van der Waals surface area contributed by atoms with Gasteiger partial charge in [-0.05, 0) is 37.0 Å². The number of rotatable bonds is 6. The Kier molecular flexibility index (Phi) is 6.14. The number of hydrogen-bond donors (Lipinski definition) is 2. The van der Waals surface area contributed by atoms with Gasteiger partial charge in [-0.1, -0.05) is 36.6 Å². The largest absolute Gasteiger partial charge is 0.352 e. The fraction of sp³-hybridized carbons (Fsp3) is 0.526. The Balaban J connectivity index is 1.42. The maximum atomic E-state index is 12.5. The van der Waals surface area contributed by atoms with Gasteiger partial charge in [0.2, 0.25) is 11.8 Å². The molecule has 2 aliphatic rings. The van der Waals surface area contributed by atoms with Crippen molar-refractivity contribution in [3.63, 3.8) is 0 Å². The molecule has 3 rings (SSSR count). The maximum Gasteiger partial charge on any atom is 0.324 e. The number of nitrogens with zero attached hydrogens (tertiary/aromatic N) is 1. The smallest absolute Gasteiger partial charge is 0.324 e. The molecule has 2 N–H and O–H groups in total. The highest BCUT2D eigenvalue weighted by Gasteiger charge is 2.41. The highest BCUT2D eigenvalue weighted by atomic mass is 35.5. The van der Waals surface area contributed by atoms with Crippen LogP contribution in [0.2, 0.25) is 5.02 Å². The summed E-state index contributed by atoms with van der Waals surface area (Å²) in [5, 5.41) is 6.44. The van der Waals surface area contributed by atoms with Crippen LogP contribution >= 0.6 is 11.6 Å². The molecule has 1 aliphatic heterocycles. The summed E-state index contributed by atoms with van der Waals surface area (Å²) >= 11 is 5.83. The molecule has 0 spiro atoms. The third-order valence-electron chi connectivity index (χ3n) is 5.09. The van der Waals surface area contributed by atoms with Crippen LogP contribution in [-0.2, 0) is 16.1 Å². The number of urea groups is 1. The van der Waals surface area contributed by atoms with E-state index < -0.39 is 0 Å². The van der Waals surface area contributed by atoms with E-state index in [-0.39, 0.29) is 42.8 Å². The number of fused-ring (bicyclic) bond motifs is 1. The fourth-order valence-electron chi connectivity index (χ4n) is 3.64. The second kappa shape index (κ2) is 8.54. The number of carbonyl (C=O) groups is 3.